The fraction of sp³-hybridized carbons (Fsp3) is 0.417. The fourth-order valence-electron chi connectivity index (χ4n) is 6.14. The molecule has 0 bridgehead atoms. The molecule has 1 fully saturated rings. The van der Waals surface area contributed by atoms with Crippen LogP contribution in [0, 0.1) is 5.92 Å². The van der Waals surface area contributed by atoms with E-state index < -0.39 is 0 Å². The zero-order valence-corrected chi connectivity index (χ0v) is 26.5. The topological polar surface area (TPSA) is 79.7 Å². The molecule has 0 aliphatic carbocycles. The van der Waals surface area contributed by atoms with Gasteiger partial charge >= 0.3 is 6.03 Å². The van der Waals surface area contributed by atoms with Crippen molar-refractivity contribution in [2.45, 2.75) is 51.5 Å². The third-order valence-electron chi connectivity index (χ3n) is 8.49. The first-order valence-corrected chi connectivity index (χ1v) is 15.7. The van der Waals surface area contributed by atoms with Crippen LogP contribution in [0.4, 0.5) is 10.5 Å². The number of hydrogen-bond acceptors (Lipinski definition) is 4. The molecule has 4 aromatic rings. The van der Waals surface area contributed by atoms with Crippen molar-refractivity contribution in [2.75, 3.05) is 46.2 Å². The molecule has 1 aliphatic heterocycles. The van der Waals surface area contributed by atoms with Gasteiger partial charge in [-0.05, 0) is 72.6 Å². The number of aryl methyl sites for hydroxylation is 1. The van der Waals surface area contributed by atoms with Crippen LogP contribution in [0.5, 0.6) is 0 Å². The molecule has 2 heterocycles. The molecule has 0 saturated carbocycles. The standard InChI is InChI=1S/C36H45N5O3/c1-26(23-27-12-14-28(15-13-27)29-16-18-31(19-17-29)37-36(43)39(2)3)24-34(42)40-20-7-9-30(25-40)35-38-32-10-5-6-11-33(32)41(35)21-8-22-44-4/h5-6,10-19,26,30H,7-9,20-25H2,1-4H3,(H,37,43)/t26-,30-/m1/s1. The Balaban J connectivity index is 1.17. The van der Waals surface area contributed by atoms with Crippen molar-refractivity contribution < 1.29 is 14.3 Å². The molecule has 5 rings (SSSR count). The molecular weight excluding hydrogens is 550 g/mol. The van der Waals surface area contributed by atoms with E-state index in [2.05, 4.69) is 64.2 Å². The van der Waals surface area contributed by atoms with E-state index in [9.17, 15) is 9.59 Å². The van der Waals surface area contributed by atoms with Crippen LogP contribution < -0.4 is 5.32 Å². The van der Waals surface area contributed by atoms with E-state index in [4.69, 9.17) is 9.72 Å². The van der Waals surface area contributed by atoms with Gasteiger partial charge in [-0.25, -0.2) is 9.78 Å². The molecule has 8 nitrogen and oxygen atoms in total. The summed E-state index contributed by atoms with van der Waals surface area (Å²) in [4.78, 5) is 34.0. The highest BCUT2D eigenvalue weighted by Crippen LogP contribution is 2.31. The summed E-state index contributed by atoms with van der Waals surface area (Å²) in [5.41, 5.74) is 6.39. The molecule has 1 N–H and O–H groups in total. The first kappa shape index (κ1) is 31.3. The Bertz CT molecular complexity index is 1540. The van der Waals surface area contributed by atoms with E-state index in [-0.39, 0.29) is 23.8 Å². The number of nitrogens with zero attached hydrogens (tertiary/aromatic N) is 4. The van der Waals surface area contributed by atoms with Crippen molar-refractivity contribution in [3.8, 4) is 11.1 Å². The molecule has 232 valence electrons. The van der Waals surface area contributed by atoms with Gasteiger partial charge in [0.2, 0.25) is 5.91 Å². The zero-order chi connectivity index (χ0) is 31.1. The van der Waals surface area contributed by atoms with Crippen molar-refractivity contribution in [1.82, 2.24) is 19.4 Å². The lowest BCUT2D eigenvalue weighted by Crippen LogP contribution is -2.40. The van der Waals surface area contributed by atoms with Gasteiger partial charge < -0.3 is 24.4 Å². The van der Waals surface area contributed by atoms with Gasteiger partial charge in [0, 0.05) is 65.5 Å². The quantitative estimate of drug-likeness (QED) is 0.193. The average Bonchev–Trinajstić information content (AvgIpc) is 3.40. The minimum atomic E-state index is -0.149. The number of hydrogen-bond donors (Lipinski definition) is 1. The number of imidazole rings is 1. The number of carbonyl (C=O) groups excluding carboxylic acids is 2. The lowest BCUT2D eigenvalue weighted by molar-refractivity contribution is -0.133. The number of carbonyl (C=O) groups is 2. The van der Waals surface area contributed by atoms with E-state index in [1.165, 1.54) is 10.5 Å². The molecule has 1 aliphatic rings. The number of aromatic nitrogens is 2. The number of fused-ring (bicyclic) bond motifs is 1. The Hall–Kier alpha value is -4.17. The van der Waals surface area contributed by atoms with E-state index in [0.717, 1.165) is 79.0 Å². The Morgan fingerprint density at radius 2 is 1.73 bits per heavy atom. The number of rotatable bonds is 11. The van der Waals surface area contributed by atoms with Gasteiger partial charge in [-0.1, -0.05) is 55.5 Å². The monoisotopic (exact) mass is 595 g/mol. The molecule has 2 atom stereocenters. The average molecular weight is 596 g/mol. The summed E-state index contributed by atoms with van der Waals surface area (Å²) in [5.74, 6) is 1.82. The second-order valence-corrected chi connectivity index (χ2v) is 12.2. The van der Waals surface area contributed by atoms with Gasteiger partial charge in [0.05, 0.1) is 11.0 Å². The number of ether oxygens (including phenoxy) is 1. The SMILES string of the molecule is COCCCn1c([C@@H]2CCCN(C(=O)C[C@H](C)Cc3ccc(-c4ccc(NC(=O)N(C)C)cc4)cc3)C2)nc2ccccc21. The summed E-state index contributed by atoms with van der Waals surface area (Å²) in [6.45, 7) is 5.30. The largest absolute Gasteiger partial charge is 0.385 e. The summed E-state index contributed by atoms with van der Waals surface area (Å²) < 4.78 is 7.66. The smallest absolute Gasteiger partial charge is 0.321 e. The summed E-state index contributed by atoms with van der Waals surface area (Å²) in [6.07, 6.45) is 4.37. The van der Waals surface area contributed by atoms with Gasteiger partial charge in [0.1, 0.15) is 5.82 Å². The lowest BCUT2D eigenvalue weighted by Gasteiger charge is -2.33. The second kappa shape index (κ2) is 14.5. The van der Waals surface area contributed by atoms with Gasteiger partial charge in [-0.2, -0.15) is 0 Å². The van der Waals surface area contributed by atoms with Gasteiger partial charge in [-0.15, -0.1) is 0 Å². The number of nitrogens with one attached hydrogen (secondary N) is 1. The first-order chi connectivity index (χ1) is 21.3. The highest BCUT2D eigenvalue weighted by molar-refractivity contribution is 5.89. The maximum absolute atomic E-state index is 13.5. The number of likely N-dealkylation sites (tertiary alicyclic amines) is 1. The minimum Gasteiger partial charge on any atom is -0.385 e. The van der Waals surface area contributed by atoms with Crippen LogP contribution in [0.3, 0.4) is 0 Å². The molecule has 44 heavy (non-hydrogen) atoms. The van der Waals surface area contributed by atoms with E-state index in [0.29, 0.717) is 13.0 Å². The molecule has 0 spiro atoms. The van der Waals surface area contributed by atoms with Crippen molar-refractivity contribution in [1.29, 1.82) is 0 Å². The Kier molecular flexibility index (Phi) is 10.3. The zero-order valence-electron chi connectivity index (χ0n) is 26.5. The van der Waals surface area contributed by atoms with Crippen molar-refractivity contribution in [3.63, 3.8) is 0 Å². The summed E-state index contributed by atoms with van der Waals surface area (Å²) in [5, 5.41) is 2.87. The van der Waals surface area contributed by atoms with Crippen LogP contribution >= 0.6 is 0 Å². The molecule has 0 radical (unpaired) electrons. The lowest BCUT2D eigenvalue weighted by atomic mass is 9.93. The van der Waals surface area contributed by atoms with Crippen LogP contribution in [0.2, 0.25) is 0 Å². The van der Waals surface area contributed by atoms with Crippen molar-refractivity contribution in [3.05, 3.63) is 84.2 Å². The highest BCUT2D eigenvalue weighted by Gasteiger charge is 2.29. The minimum absolute atomic E-state index is 0.149. The maximum atomic E-state index is 13.5. The summed E-state index contributed by atoms with van der Waals surface area (Å²) in [7, 11) is 5.18. The van der Waals surface area contributed by atoms with E-state index in [1.807, 2.05) is 30.3 Å². The van der Waals surface area contributed by atoms with Crippen LogP contribution in [-0.4, -0.2) is 72.2 Å². The molecule has 3 aromatic carbocycles. The molecule has 8 heteroatoms. The number of urea groups is 1. The number of para-hydroxylation sites is 2. The molecule has 1 aromatic heterocycles. The Morgan fingerprint density at radius 1 is 1.02 bits per heavy atom. The number of methoxy groups -OCH3 is 1. The fourth-order valence-corrected chi connectivity index (χ4v) is 6.14. The first-order valence-electron chi connectivity index (χ1n) is 15.7. The van der Waals surface area contributed by atoms with Crippen molar-refractivity contribution in [2.24, 2.45) is 5.92 Å². The molecule has 3 amide bonds. The third-order valence-corrected chi connectivity index (χ3v) is 8.49. The van der Waals surface area contributed by atoms with E-state index >= 15 is 0 Å². The molecular formula is C36H45N5O3. The number of anilines is 1. The van der Waals surface area contributed by atoms with Crippen LogP contribution in [0.15, 0.2) is 72.8 Å². The third kappa shape index (κ3) is 7.66. The Labute approximate surface area is 261 Å². The van der Waals surface area contributed by atoms with Crippen LogP contribution in [-0.2, 0) is 22.5 Å². The van der Waals surface area contributed by atoms with Gasteiger partial charge in [0.15, 0.2) is 0 Å². The Morgan fingerprint density at radius 3 is 2.43 bits per heavy atom. The predicted molar refractivity (Wildman–Crippen MR) is 177 cm³/mol. The highest BCUT2D eigenvalue weighted by atomic mass is 16.5. The normalized spacial score (nSPS) is 15.7. The molecule has 0 unspecified atom stereocenters. The number of piperidine rings is 1. The molecule has 1 saturated heterocycles. The van der Waals surface area contributed by atoms with Gasteiger partial charge in [-0.3, -0.25) is 4.79 Å². The van der Waals surface area contributed by atoms with E-state index in [1.54, 1.807) is 21.2 Å². The van der Waals surface area contributed by atoms with Crippen LogP contribution in [0.1, 0.15) is 49.9 Å². The van der Waals surface area contributed by atoms with Crippen molar-refractivity contribution >= 4 is 28.7 Å². The maximum Gasteiger partial charge on any atom is 0.321 e. The van der Waals surface area contributed by atoms with Crippen LogP contribution in [0.25, 0.3) is 22.2 Å². The summed E-state index contributed by atoms with van der Waals surface area (Å²) >= 11 is 0. The summed E-state index contributed by atoms with van der Waals surface area (Å²) in [6, 6.07) is 24.6. The number of benzene rings is 3. The predicted octanol–water partition coefficient (Wildman–Crippen LogP) is 6.81. The van der Waals surface area contributed by atoms with Gasteiger partial charge in [0.25, 0.3) is 0 Å². The number of amides is 3. The second-order valence-electron chi connectivity index (χ2n) is 12.2.